The van der Waals surface area contributed by atoms with Crippen LogP contribution >= 0.6 is 0 Å². The fourth-order valence-corrected chi connectivity index (χ4v) is 26.0. The van der Waals surface area contributed by atoms with Crippen LogP contribution in [0.2, 0.25) is 0 Å². The van der Waals surface area contributed by atoms with Gasteiger partial charge in [-0.2, -0.15) is 0 Å². The van der Waals surface area contributed by atoms with Gasteiger partial charge in [0, 0.05) is 39.5 Å². The Morgan fingerprint density at radius 3 is 0.781 bits per heavy atom. The van der Waals surface area contributed by atoms with Gasteiger partial charge >= 0.3 is 0 Å². The Hall–Kier alpha value is -15.2. The lowest BCUT2D eigenvalue weighted by Gasteiger charge is -2.35. The lowest BCUT2D eigenvalue weighted by molar-refractivity contribution is 0.770. The van der Waals surface area contributed by atoms with Gasteiger partial charge in [-0.15, -0.1) is 0 Å². The molecule has 29 rings (SSSR count). The molecule has 1 saturated carbocycles. The summed E-state index contributed by atoms with van der Waals surface area (Å²) in [5.74, 6) is 0.0415. The lowest BCUT2D eigenvalue weighted by atomic mass is 9.69. The summed E-state index contributed by atoms with van der Waals surface area (Å²) in [4.78, 5) is 5.35. The van der Waals surface area contributed by atoms with E-state index in [2.05, 4.69) is 428 Å². The van der Waals surface area contributed by atoms with Crippen molar-refractivity contribution in [2.45, 2.75) is 72.5 Å². The predicted octanol–water partition coefficient (Wildman–Crippen LogP) is 30.4. The molecule has 0 radical (unpaired) electrons. The van der Waals surface area contributed by atoms with Crippen LogP contribution in [-0.4, -0.2) is 0 Å². The Labute approximate surface area is 746 Å². The van der Waals surface area contributed by atoms with Crippen molar-refractivity contribution >= 4 is 34.1 Å². The standard InChI is InChI=1S/C126H84N2/c1-10-37-110-98(28-1)99-29-2-11-38-111(99)124(110)116-43-16-7-34-104(116)107-61-58-90(72-119(107)124)123(76-122(123)89-25-19-22-80(67-89)86-55-49-77-46-52-83(77)64-86)91-70-96(127(92-26-20-23-81(68-92)87-56-50-78-47-53-84(78)65-87)94-59-62-108-105-35-8-17-44-117(105)125(120(108)74-94)112-39-12-3-30-100(112)101-31-4-13-40-113(101)125)73-97(71-91)128(93-27-21-24-82(69-93)88-57-51-79-48-54-85(79)66-88)95-60-63-109-106-36-9-18-45-118(106)126(121(109)75-95)114-41-14-5-32-102(114)103-33-6-15-42-115(103)126/h1-45,49-51,55-75,122H,46-48,52-54,76H2. The summed E-state index contributed by atoms with van der Waals surface area (Å²) in [6, 6.07) is 165. The summed E-state index contributed by atoms with van der Waals surface area (Å²) < 4.78 is 0. The molecule has 0 aliphatic heterocycles. The molecule has 598 valence electrons. The Bertz CT molecular complexity index is 7620. The van der Waals surface area contributed by atoms with E-state index in [1.165, 1.54) is 217 Å². The number of aryl methyl sites for hydroxylation is 6. The Morgan fingerprint density at radius 2 is 0.453 bits per heavy atom. The number of benzene rings is 19. The fraction of sp³-hybridized carbons (Fsp3) is 0.0952. The van der Waals surface area contributed by atoms with E-state index in [9.17, 15) is 0 Å². The van der Waals surface area contributed by atoms with Gasteiger partial charge in [-0.3, -0.25) is 0 Å². The second-order valence-electron chi connectivity index (χ2n) is 37.7. The summed E-state index contributed by atoms with van der Waals surface area (Å²) in [7, 11) is 0. The Morgan fingerprint density at radius 1 is 0.172 bits per heavy atom. The second-order valence-corrected chi connectivity index (χ2v) is 37.7. The van der Waals surface area contributed by atoms with Gasteiger partial charge in [-0.05, 0) is 335 Å². The van der Waals surface area contributed by atoms with Gasteiger partial charge in [0.15, 0.2) is 0 Å². The van der Waals surface area contributed by atoms with Gasteiger partial charge in [0.05, 0.1) is 16.2 Å². The number of hydrogen-bond acceptors (Lipinski definition) is 2. The first kappa shape index (κ1) is 71.1. The SMILES string of the molecule is c1cc(-c2ccc3c(c2)CC3)cc(C2CC2(c2cc(N(c3cccc(-c4ccc5c(c4)CC5)c3)c3ccc4c(c3)C3(c5ccccc5-c5ccccc53)c3ccccc3-4)cc(N(c3cccc(-c4ccc5c(c4)CC5)c3)c3ccc4c(c3)C3(c5ccccc5-c5ccccc53)c3ccccc3-4)c2)c2ccc3c(c2)C2(c4ccccc4-c4ccccc42)c2ccccc2-3)c1. The van der Waals surface area contributed by atoms with Crippen molar-refractivity contribution in [3.8, 4) is 100 Å². The fourth-order valence-electron chi connectivity index (χ4n) is 26.0. The number of nitrogens with zero attached hydrogens (tertiary/aromatic N) is 2. The molecule has 0 bridgehead atoms. The van der Waals surface area contributed by atoms with Crippen molar-refractivity contribution in [3.63, 3.8) is 0 Å². The summed E-state index contributed by atoms with van der Waals surface area (Å²) in [5, 5.41) is 0. The summed E-state index contributed by atoms with van der Waals surface area (Å²) in [6.45, 7) is 0. The van der Waals surface area contributed by atoms with Crippen molar-refractivity contribution in [1.82, 2.24) is 0 Å². The minimum atomic E-state index is -0.618. The zero-order valence-corrected chi connectivity index (χ0v) is 70.8. The van der Waals surface area contributed by atoms with Crippen LogP contribution in [0.4, 0.5) is 34.1 Å². The maximum Gasteiger partial charge on any atom is 0.0726 e. The molecule has 2 nitrogen and oxygen atoms in total. The summed E-state index contributed by atoms with van der Waals surface area (Å²) in [5.41, 5.74) is 55.5. The van der Waals surface area contributed by atoms with Crippen molar-refractivity contribution in [3.05, 3.63) is 535 Å². The van der Waals surface area contributed by atoms with Gasteiger partial charge < -0.3 is 9.80 Å². The molecule has 0 saturated heterocycles. The normalized spacial score (nSPS) is 16.8. The first-order valence-electron chi connectivity index (χ1n) is 46.1. The van der Waals surface area contributed by atoms with Crippen molar-refractivity contribution in [1.29, 1.82) is 0 Å². The molecule has 0 heterocycles. The third kappa shape index (κ3) is 9.45. The van der Waals surface area contributed by atoms with Crippen LogP contribution in [0.15, 0.2) is 419 Å². The average Bonchev–Trinajstić information content (AvgIpc) is 1.52. The molecule has 19 aromatic rings. The molecule has 19 aromatic carbocycles. The molecule has 1 fully saturated rings. The first-order chi connectivity index (χ1) is 63.4. The van der Waals surface area contributed by atoms with Gasteiger partial charge in [0.1, 0.15) is 0 Å². The smallest absolute Gasteiger partial charge is 0.0726 e. The highest BCUT2D eigenvalue weighted by atomic mass is 15.2. The van der Waals surface area contributed by atoms with Gasteiger partial charge in [0.25, 0.3) is 0 Å². The van der Waals surface area contributed by atoms with Crippen LogP contribution in [0.25, 0.3) is 100 Å². The van der Waals surface area contributed by atoms with Gasteiger partial charge in [0.2, 0.25) is 0 Å². The largest absolute Gasteiger partial charge is 0.310 e. The molecule has 10 aliphatic carbocycles. The van der Waals surface area contributed by atoms with Crippen LogP contribution < -0.4 is 9.80 Å². The van der Waals surface area contributed by atoms with E-state index >= 15 is 0 Å². The number of fused-ring (bicyclic) bond motifs is 33. The Kier molecular flexibility index (Phi) is 14.6. The predicted molar refractivity (Wildman–Crippen MR) is 524 cm³/mol. The van der Waals surface area contributed by atoms with E-state index in [0.717, 1.165) is 79.1 Å². The van der Waals surface area contributed by atoms with E-state index in [0.29, 0.717) is 0 Å². The molecule has 10 aliphatic rings. The van der Waals surface area contributed by atoms with Crippen LogP contribution in [0.3, 0.4) is 0 Å². The molecule has 2 unspecified atom stereocenters. The zero-order valence-electron chi connectivity index (χ0n) is 70.8. The first-order valence-corrected chi connectivity index (χ1v) is 46.1. The highest BCUT2D eigenvalue weighted by Gasteiger charge is 2.60. The monoisotopic (exact) mass is 1620 g/mol. The van der Waals surface area contributed by atoms with E-state index in [4.69, 9.17) is 0 Å². The molecule has 0 N–H and O–H groups in total. The van der Waals surface area contributed by atoms with Gasteiger partial charge in [-0.1, -0.05) is 352 Å². The summed E-state index contributed by atoms with van der Waals surface area (Å²) >= 11 is 0. The maximum atomic E-state index is 2.73. The number of rotatable bonds is 12. The third-order valence-corrected chi connectivity index (χ3v) is 32.0. The molecular weight excluding hydrogens is 1540 g/mol. The van der Waals surface area contributed by atoms with Crippen LogP contribution in [0.5, 0.6) is 0 Å². The van der Waals surface area contributed by atoms with Crippen molar-refractivity contribution < 1.29 is 0 Å². The molecule has 128 heavy (non-hydrogen) atoms. The highest BCUT2D eigenvalue weighted by Crippen LogP contribution is 2.71. The number of anilines is 6. The van der Waals surface area contributed by atoms with Crippen LogP contribution in [0.1, 0.15) is 129 Å². The van der Waals surface area contributed by atoms with Crippen LogP contribution in [-0.2, 0) is 60.2 Å². The average molecular weight is 1630 g/mol. The molecule has 0 aromatic heterocycles. The van der Waals surface area contributed by atoms with E-state index in [1.807, 2.05) is 0 Å². The van der Waals surface area contributed by atoms with E-state index < -0.39 is 21.7 Å². The zero-order chi connectivity index (χ0) is 83.5. The van der Waals surface area contributed by atoms with Gasteiger partial charge in [-0.25, -0.2) is 0 Å². The lowest BCUT2D eigenvalue weighted by Crippen LogP contribution is -2.26. The molecule has 0 amide bonds. The van der Waals surface area contributed by atoms with E-state index in [-0.39, 0.29) is 5.92 Å². The minimum Gasteiger partial charge on any atom is -0.310 e. The quantitative estimate of drug-likeness (QED) is 0.120. The third-order valence-electron chi connectivity index (χ3n) is 32.0. The highest BCUT2D eigenvalue weighted by molar-refractivity contribution is 6.01. The molecule has 3 spiro atoms. The molecule has 2 heteroatoms. The topological polar surface area (TPSA) is 6.48 Å². The van der Waals surface area contributed by atoms with Crippen molar-refractivity contribution in [2.75, 3.05) is 9.80 Å². The molecular formula is C126H84N2. The van der Waals surface area contributed by atoms with Crippen molar-refractivity contribution in [2.24, 2.45) is 0 Å². The Balaban J connectivity index is 0.737. The summed E-state index contributed by atoms with van der Waals surface area (Å²) in [6.07, 6.45) is 7.59. The molecule has 2 atom stereocenters. The second kappa shape index (κ2) is 26.2. The van der Waals surface area contributed by atoms with E-state index in [1.54, 1.807) is 0 Å². The maximum absolute atomic E-state index is 2.73. The van der Waals surface area contributed by atoms with Crippen LogP contribution in [0, 0.1) is 0 Å². The number of hydrogen-bond donors (Lipinski definition) is 0. The minimum absolute atomic E-state index is 0.0415.